The van der Waals surface area contributed by atoms with Gasteiger partial charge in [-0.25, -0.2) is 0 Å². The smallest absolute Gasteiger partial charge is 0.0470 e. The Bertz CT molecular complexity index is 758. The summed E-state index contributed by atoms with van der Waals surface area (Å²) in [4.78, 5) is 0. The van der Waals surface area contributed by atoms with Crippen molar-refractivity contribution >= 4 is 59.9 Å². The van der Waals surface area contributed by atoms with Crippen LogP contribution in [0.4, 0.5) is 0 Å². The predicted octanol–water partition coefficient (Wildman–Crippen LogP) is 7.95. The molecule has 180 valence electrons. The van der Waals surface area contributed by atoms with Crippen molar-refractivity contribution in [3.63, 3.8) is 0 Å². The van der Waals surface area contributed by atoms with Crippen LogP contribution in [-0.4, -0.2) is 59.9 Å². The first-order chi connectivity index (χ1) is 14.0. The molecule has 0 spiro atoms. The van der Waals surface area contributed by atoms with Gasteiger partial charge in [0.25, 0.3) is 0 Å². The second-order valence-corrected chi connectivity index (χ2v) is 44.2. The second kappa shape index (κ2) is 12.0. The van der Waals surface area contributed by atoms with E-state index in [-0.39, 0.29) is 8.80 Å². The van der Waals surface area contributed by atoms with E-state index in [2.05, 4.69) is 154 Å². The van der Waals surface area contributed by atoms with Gasteiger partial charge >= 0.3 is 171 Å². The van der Waals surface area contributed by atoms with Gasteiger partial charge in [-0.2, -0.15) is 0 Å². The van der Waals surface area contributed by atoms with Crippen LogP contribution in [-0.2, 0) is 0 Å². The molecule has 1 rings (SSSR count). The summed E-state index contributed by atoms with van der Waals surface area (Å²) in [6, 6.07) is 13.8. The van der Waals surface area contributed by atoms with E-state index in [1.54, 1.807) is 0 Å². The van der Waals surface area contributed by atoms with Gasteiger partial charge in [-0.05, 0) is 5.04 Å². The van der Waals surface area contributed by atoms with Gasteiger partial charge in [0, 0.05) is 8.80 Å². The van der Waals surface area contributed by atoms with Gasteiger partial charge < -0.3 is 0 Å². The second-order valence-electron chi connectivity index (χ2n) is 13.5. The predicted molar refractivity (Wildman–Crippen MR) is 164 cm³/mol. The molecular formula is C26H51GeSi5-. The molecule has 0 nitrogen and oxygen atoms in total. The molecule has 1 aromatic rings. The zero-order chi connectivity index (χ0) is 25.8. The van der Waals surface area contributed by atoms with Gasteiger partial charge in [0.15, 0.2) is 0 Å². The number of hydrogen-bond acceptors (Lipinski definition) is 0. The SMILES string of the molecule is CC(C)(C)[Si](C)(C)/[Si]=[Si](/[CH-][C](=[Ge])c1ccccc1)[Si](C)(C)C(C)(C)C.C[Si](C)C(C)(C)C. The van der Waals surface area contributed by atoms with E-state index in [1.165, 1.54) is 18.0 Å². The largest absolute Gasteiger partial charge is 0.0709 e. The molecule has 6 heteroatoms. The molecule has 4 radical (unpaired) electrons. The van der Waals surface area contributed by atoms with Crippen molar-refractivity contribution in [1.29, 1.82) is 0 Å². The minimum Gasteiger partial charge on any atom is -0.0709 e. The van der Waals surface area contributed by atoms with Crippen molar-refractivity contribution in [2.45, 2.75) is 117 Å². The Morgan fingerprint density at radius 1 is 0.812 bits per heavy atom. The average Bonchev–Trinajstić information content (AvgIpc) is 2.59. The maximum Gasteiger partial charge on any atom is 0.0470 e. The molecule has 0 bridgehead atoms. The minimum absolute atomic E-state index is 0.0502. The molecule has 0 unspecified atom stereocenters. The van der Waals surface area contributed by atoms with Crippen LogP contribution in [0.2, 0.25) is 54.4 Å². The Labute approximate surface area is 217 Å². The number of rotatable bonds is 5. The quantitative estimate of drug-likeness (QED) is 0.247. The van der Waals surface area contributed by atoms with Gasteiger partial charge in [-0.3, -0.25) is 0 Å². The van der Waals surface area contributed by atoms with Crippen LogP contribution in [0, 0.1) is 6.04 Å². The topological polar surface area (TPSA) is 0 Å². The van der Waals surface area contributed by atoms with E-state index in [1.807, 2.05) is 0 Å². The van der Waals surface area contributed by atoms with E-state index in [9.17, 15) is 0 Å². The number of hydrogen-bond donors (Lipinski definition) is 0. The molecule has 0 heterocycles. The van der Waals surface area contributed by atoms with E-state index < -0.39 is 22.6 Å². The van der Waals surface area contributed by atoms with Crippen molar-refractivity contribution < 1.29 is 0 Å². The van der Waals surface area contributed by atoms with Crippen LogP contribution in [0.1, 0.15) is 67.9 Å². The first-order valence-corrected chi connectivity index (χ1v) is 27.1. The summed E-state index contributed by atoms with van der Waals surface area (Å²) in [6.45, 7) is 37.1. The Kier molecular flexibility index (Phi) is 12.2. The molecule has 0 atom stereocenters. The summed E-state index contributed by atoms with van der Waals surface area (Å²) in [7, 11) is -1.96. The van der Waals surface area contributed by atoms with Crippen LogP contribution in [0.15, 0.2) is 30.3 Å². The fraction of sp³-hybridized carbons (Fsp3) is 0.692. The first-order valence-electron chi connectivity index (χ1n) is 12.0. The molecule has 0 aromatic heterocycles. The Hall–Kier alpha value is 0.587. The summed E-state index contributed by atoms with van der Waals surface area (Å²) in [6.07, 6.45) is 0. The third-order valence-corrected chi connectivity index (χ3v) is 51.7. The van der Waals surface area contributed by atoms with Crippen molar-refractivity contribution in [2.75, 3.05) is 0 Å². The van der Waals surface area contributed by atoms with E-state index in [0.29, 0.717) is 15.1 Å². The molecule has 0 saturated carbocycles. The van der Waals surface area contributed by atoms with Gasteiger partial charge in [0.05, 0.1) is 0 Å². The van der Waals surface area contributed by atoms with Crippen LogP contribution in [0.25, 0.3) is 0 Å². The third kappa shape index (κ3) is 10.1. The maximum atomic E-state index is 2.76. The molecule has 0 fully saturated rings. The standard InChI is InChI=1S/C20H36GeSi4.C6H15Si/c1-19(2,3)24(7,8)22-23(25(9,10)20(4,5)6)16-18(21)17-14-12-11-13-15-17;1-6(2,3)7(4)5/h11-16H,1-10H3;1-5H3/q-1;. The number of benzene rings is 1. The Morgan fingerprint density at radius 3 is 1.53 bits per heavy atom. The summed E-state index contributed by atoms with van der Waals surface area (Å²) in [5.74, 6) is 0. The normalized spacial score (nSPS) is 14.1. The molecule has 0 aliphatic heterocycles. The zero-order valence-corrected chi connectivity index (χ0v) is 31.1. The molecule has 32 heavy (non-hydrogen) atoms. The van der Waals surface area contributed by atoms with Gasteiger partial charge in [0.1, 0.15) is 0 Å². The fourth-order valence-electron chi connectivity index (χ4n) is 2.15. The van der Waals surface area contributed by atoms with E-state index >= 15 is 0 Å². The molecule has 1 aromatic carbocycles. The van der Waals surface area contributed by atoms with E-state index in [4.69, 9.17) is 0 Å². The van der Waals surface area contributed by atoms with Crippen LogP contribution >= 0.6 is 0 Å². The zero-order valence-electron chi connectivity index (χ0n) is 24.0. The third-order valence-electron chi connectivity index (χ3n) is 7.74. The minimum atomic E-state index is -1.35. The molecule has 0 amide bonds. The average molecular weight is 577 g/mol. The van der Waals surface area contributed by atoms with Crippen LogP contribution < -0.4 is 0 Å². The summed E-state index contributed by atoms with van der Waals surface area (Å²) in [5, 5.41) is 1.55. The Morgan fingerprint density at radius 2 is 1.22 bits per heavy atom. The summed E-state index contributed by atoms with van der Waals surface area (Å²) >= 11 is 2.34. The van der Waals surface area contributed by atoms with Crippen molar-refractivity contribution in [2.24, 2.45) is 0 Å². The van der Waals surface area contributed by atoms with Crippen molar-refractivity contribution in [3.05, 3.63) is 41.9 Å². The molecule has 0 aliphatic rings. The summed E-state index contributed by atoms with van der Waals surface area (Å²) < 4.78 is 1.51. The molecule has 0 N–H and O–H groups in total. The monoisotopic (exact) mass is 577 g/mol. The molecular weight excluding hydrogens is 525 g/mol. The van der Waals surface area contributed by atoms with E-state index in [0.717, 1.165) is 0 Å². The van der Waals surface area contributed by atoms with Gasteiger partial charge in [-0.1, -0.05) is 33.9 Å². The molecule has 0 aliphatic carbocycles. The van der Waals surface area contributed by atoms with Gasteiger partial charge in [-0.15, -0.1) is 0 Å². The fourth-order valence-corrected chi connectivity index (χ4v) is 50.1. The van der Waals surface area contributed by atoms with Crippen molar-refractivity contribution in [3.8, 4) is 0 Å². The van der Waals surface area contributed by atoms with Crippen LogP contribution in [0.5, 0.6) is 0 Å². The maximum absolute atomic E-state index is 2.76. The Balaban J connectivity index is 0.00000118. The van der Waals surface area contributed by atoms with Crippen molar-refractivity contribution in [1.82, 2.24) is 0 Å². The molecule has 0 saturated heterocycles. The first kappa shape index (κ1) is 32.6. The summed E-state index contributed by atoms with van der Waals surface area (Å²) in [5.41, 5.74) is 1.41. The van der Waals surface area contributed by atoms with Gasteiger partial charge in [0.2, 0.25) is 0 Å². The van der Waals surface area contributed by atoms with Crippen LogP contribution in [0.3, 0.4) is 0 Å².